The van der Waals surface area contributed by atoms with Crippen molar-refractivity contribution in [2.75, 3.05) is 19.6 Å². The minimum atomic E-state index is -0.866. The molecule has 2 rings (SSSR count). The van der Waals surface area contributed by atoms with Crippen LogP contribution in [0.25, 0.3) is 0 Å². The van der Waals surface area contributed by atoms with Crippen LogP contribution in [0.2, 0.25) is 0 Å². The Hall–Kier alpha value is -0.610. The maximum atomic E-state index is 11.7. The predicted molar refractivity (Wildman–Crippen MR) is 85.0 cm³/mol. The number of piperidine rings is 1. The van der Waals surface area contributed by atoms with E-state index in [9.17, 15) is 9.90 Å². The van der Waals surface area contributed by atoms with E-state index in [0.29, 0.717) is 6.54 Å². The van der Waals surface area contributed by atoms with Crippen molar-refractivity contribution in [1.82, 2.24) is 10.2 Å². The molecule has 2 fully saturated rings. The van der Waals surface area contributed by atoms with Crippen molar-refractivity contribution >= 4 is 5.91 Å². The Bertz CT molecular complexity index is 319. The van der Waals surface area contributed by atoms with E-state index in [1.54, 1.807) is 0 Å². The molecular weight excluding hydrogens is 264 g/mol. The number of hydrogen-bond donors (Lipinski definition) is 2. The topological polar surface area (TPSA) is 52.6 Å². The molecule has 0 aromatic rings. The summed E-state index contributed by atoms with van der Waals surface area (Å²) in [5.74, 6) is 0.507. The van der Waals surface area contributed by atoms with Gasteiger partial charge in [0.15, 0.2) is 0 Å². The zero-order valence-electron chi connectivity index (χ0n) is 13.7. The van der Waals surface area contributed by atoms with E-state index in [1.165, 1.54) is 51.6 Å². The minimum Gasteiger partial charge on any atom is -0.383 e. The molecule has 0 aromatic heterocycles. The smallest absolute Gasteiger partial charge is 0.249 e. The molecule has 122 valence electrons. The van der Waals surface area contributed by atoms with Gasteiger partial charge in [-0.3, -0.25) is 4.79 Å². The van der Waals surface area contributed by atoms with Crippen LogP contribution in [-0.4, -0.2) is 47.7 Å². The zero-order chi connectivity index (χ0) is 15.2. The quantitative estimate of drug-likeness (QED) is 0.790. The Morgan fingerprint density at radius 1 is 1.19 bits per heavy atom. The van der Waals surface area contributed by atoms with Gasteiger partial charge in [-0.1, -0.05) is 26.7 Å². The highest BCUT2D eigenvalue weighted by Gasteiger charge is 2.27. The fourth-order valence-electron chi connectivity index (χ4n) is 3.68. The number of carbonyl (C=O) groups excluding carboxylic acids is 1. The average Bonchev–Trinajstić information content (AvgIpc) is 3.01. The molecule has 1 saturated carbocycles. The van der Waals surface area contributed by atoms with Gasteiger partial charge in [0.2, 0.25) is 5.91 Å². The van der Waals surface area contributed by atoms with Gasteiger partial charge in [0.05, 0.1) is 0 Å². The van der Waals surface area contributed by atoms with Crippen LogP contribution in [-0.2, 0) is 4.79 Å². The van der Waals surface area contributed by atoms with Gasteiger partial charge in [-0.2, -0.15) is 0 Å². The molecule has 1 heterocycles. The summed E-state index contributed by atoms with van der Waals surface area (Å²) >= 11 is 0. The standard InChI is InChI=1S/C17H32N2O2/c1-13(2)16(20)17(21)18-10-7-14-8-11-19(12-9-14)15-5-3-4-6-15/h13-16,20H,3-12H2,1-2H3,(H,18,21)/t16-/m0/s1. The van der Waals surface area contributed by atoms with Crippen LogP contribution in [0, 0.1) is 11.8 Å². The second-order valence-corrected chi connectivity index (χ2v) is 7.19. The first kappa shape index (κ1) is 16.8. The van der Waals surface area contributed by atoms with Crippen molar-refractivity contribution in [2.45, 2.75) is 70.9 Å². The highest BCUT2D eigenvalue weighted by atomic mass is 16.3. The number of nitrogens with zero attached hydrogens (tertiary/aromatic N) is 1. The third-order valence-corrected chi connectivity index (χ3v) is 5.24. The van der Waals surface area contributed by atoms with Crippen LogP contribution >= 0.6 is 0 Å². The van der Waals surface area contributed by atoms with Crippen molar-refractivity contribution in [2.24, 2.45) is 11.8 Å². The molecule has 1 saturated heterocycles. The Morgan fingerprint density at radius 2 is 1.81 bits per heavy atom. The molecule has 0 aromatic carbocycles. The summed E-state index contributed by atoms with van der Waals surface area (Å²) in [6.07, 6.45) is 8.33. The van der Waals surface area contributed by atoms with Gasteiger partial charge in [-0.25, -0.2) is 0 Å². The van der Waals surface area contributed by atoms with Crippen molar-refractivity contribution < 1.29 is 9.90 Å². The molecule has 1 amide bonds. The molecule has 1 aliphatic heterocycles. The van der Waals surface area contributed by atoms with Gasteiger partial charge in [0, 0.05) is 12.6 Å². The first-order chi connectivity index (χ1) is 10.1. The molecule has 0 bridgehead atoms. The zero-order valence-corrected chi connectivity index (χ0v) is 13.7. The summed E-state index contributed by atoms with van der Waals surface area (Å²) in [5, 5.41) is 12.5. The molecule has 21 heavy (non-hydrogen) atoms. The maximum absolute atomic E-state index is 11.7. The summed E-state index contributed by atoms with van der Waals surface area (Å²) in [6, 6.07) is 0.854. The van der Waals surface area contributed by atoms with E-state index in [2.05, 4.69) is 10.2 Å². The van der Waals surface area contributed by atoms with Gasteiger partial charge in [0.25, 0.3) is 0 Å². The maximum Gasteiger partial charge on any atom is 0.249 e. The van der Waals surface area contributed by atoms with Crippen LogP contribution in [0.5, 0.6) is 0 Å². The molecule has 2 aliphatic rings. The summed E-state index contributed by atoms with van der Waals surface area (Å²) in [4.78, 5) is 14.4. The van der Waals surface area contributed by atoms with Gasteiger partial charge >= 0.3 is 0 Å². The molecule has 0 unspecified atom stereocenters. The van der Waals surface area contributed by atoms with E-state index >= 15 is 0 Å². The fraction of sp³-hybridized carbons (Fsp3) is 0.941. The SMILES string of the molecule is CC(C)[C@H](O)C(=O)NCCC1CCN(C2CCCC2)CC1. The number of hydrogen-bond acceptors (Lipinski definition) is 3. The highest BCUT2D eigenvalue weighted by Crippen LogP contribution is 2.28. The number of rotatable bonds is 6. The molecular formula is C17H32N2O2. The van der Waals surface area contributed by atoms with Crippen molar-refractivity contribution in [3.8, 4) is 0 Å². The fourth-order valence-corrected chi connectivity index (χ4v) is 3.68. The molecule has 0 radical (unpaired) electrons. The summed E-state index contributed by atoms with van der Waals surface area (Å²) < 4.78 is 0. The number of aliphatic hydroxyl groups excluding tert-OH is 1. The highest BCUT2D eigenvalue weighted by molar-refractivity contribution is 5.80. The summed E-state index contributed by atoms with van der Waals surface area (Å²) in [7, 11) is 0. The number of aliphatic hydroxyl groups is 1. The van der Waals surface area contributed by atoms with Crippen LogP contribution in [0.15, 0.2) is 0 Å². The first-order valence-corrected chi connectivity index (χ1v) is 8.77. The third-order valence-electron chi connectivity index (χ3n) is 5.24. The molecule has 1 aliphatic carbocycles. The number of nitrogens with one attached hydrogen (secondary N) is 1. The lowest BCUT2D eigenvalue weighted by atomic mass is 9.92. The average molecular weight is 296 g/mol. The Kier molecular flexibility index (Phi) is 6.49. The molecule has 0 spiro atoms. The third kappa shape index (κ3) is 4.96. The van der Waals surface area contributed by atoms with Crippen LogP contribution < -0.4 is 5.32 Å². The van der Waals surface area contributed by atoms with E-state index in [4.69, 9.17) is 0 Å². The number of carbonyl (C=O) groups is 1. The molecule has 4 nitrogen and oxygen atoms in total. The molecule has 4 heteroatoms. The summed E-state index contributed by atoms with van der Waals surface area (Å²) in [5.41, 5.74) is 0. The molecule has 1 atom stereocenters. The lowest BCUT2D eigenvalue weighted by Gasteiger charge is -2.36. The second-order valence-electron chi connectivity index (χ2n) is 7.19. The van der Waals surface area contributed by atoms with Gasteiger partial charge in [-0.05, 0) is 57.0 Å². The van der Waals surface area contributed by atoms with E-state index < -0.39 is 6.10 Å². The predicted octanol–water partition coefficient (Wildman–Crippen LogP) is 2.16. The Labute approximate surface area is 129 Å². The normalized spacial score (nSPS) is 23.6. The lowest BCUT2D eigenvalue weighted by Crippen LogP contribution is -2.41. The van der Waals surface area contributed by atoms with Crippen molar-refractivity contribution in [1.29, 1.82) is 0 Å². The largest absolute Gasteiger partial charge is 0.383 e. The van der Waals surface area contributed by atoms with Crippen LogP contribution in [0.4, 0.5) is 0 Å². The van der Waals surface area contributed by atoms with Gasteiger partial charge in [-0.15, -0.1) is 0 Å². The molecule has 2 N–H and O–H groups in total. The minimum absolute atomic E-state index is 0.0142. The van der Waals surface area contributed by atoms with E-state index in [1.807, 2.05) is 13.8 Å². The van der Waals surface area contributed by atoms with E-state index in [-0.39, 0.29) is 11.8 Å². The van der Waals surface area contributed by atoms with Crippen molar-refractivity contribution in [3.05, 3.63) is 0 Å². The van der Waals surface area contributed by atoms with Crippen molar-refractivity contribution in [3.63, 3.8) is 0 Å². The number of likely N-dealkylation sites (tertiary alicyclic amines) is 1. The van der Waals surface area contributed by atoms with Gasteiger partial charge in [0.1, 0.15) is 6.10 Å². The van der Waals surface area contributed by atoms with Gasteiger partial charge < -0.3 is 15.3 Å². The number of amides is 1. The van der Waals surface area contributed by atoms with Crippen LogP contribution in [0.1, 0.15) is 58.8 Å². The lowest BCUT2D eigenvalue weighted by molar-refractivity contribution is -0.131. The second kappa shape index (κ2) is 8.14. The Balaban J connectivity index is 1.59. The first-order valence-electron chi connectivity index (χ1n) is 8.77. The monoisotopic (exact) mass is 296 g/mol. The van der Waals surface area contributed by atoms with E-state index in [0.717, 1.165) is 18.4 Å². The van der Waals surface area contributed by atoms with Crippen LogP contribution in [0.3, 0.4) is 0 Å². The summed E-state index contributed by atoms with van der Waals surface area (Å²) in [6.45, 7) is 6.90. The Morgan fingerprint density at radius 3 is 2.38 bits per heavy atom.